The van der Waals surface area contributed by atoms with Crippen LogP contribution in [0.25, 0.3) is 0 Å². The number of hydrogen-bond acceptors (Lipinski definition) is 3. The van der Waals surface area contributed by atoms with Crippen molar-refractivity contribution in [3.63, 3.8) is 0 Å². The maximum atomic E-state index is 13.3. The van der Waals surface area contributed by atoms with Crippen molar-refractivity contribution in [2.24, 2.45) is 10.9 Å². The van der Waals surface area contributed by atoms with E-state index in [9.17, 15) is 4.39 Å². The summed E-state index contributed by atoms with van der Waals surface area (Å²) in [6.07, 6.45) is 0.749. The molecule has 0 atom stereocenters. The molecule has 4 nitrogen and oxygen atoms in total. The Hall–Kier alpha value is -2.06. The van der Waals surface area contributed by atoms with E-state index in [1.165, 1.54) is 12.1 Å². The maximum absolute atomic E-state index is 13.3. The minimum absolute atomic E-state index is 0.104. The van der Waals surface area contributed by atoms with Crippen LogP contribution in [0.5, 0.6) is 0 Å². The van der Waals surface area contributed by atoms with E-state index in [0.29, 0.717) is 12.1 Å². The van der Waals surface area contributed by atoms with Crippen LogP contribution in [0, 0.1) is 17.7 Å². The molecule has 5 heteroatoms. The first kappa shape index (κ1) is 14.0. The van der Waals surface area contributed by atoms with Gasteiger partial charge in [-0.15, -0.1) is 11.8 Å². The summed E-state index contributed by atoms with van der Waals surface area (Å²) in [7, 11) is 0. The zero-order chi connectivity index (χ0) is 13.4. The van der Waals surface area contributed by atoms with E-state index < -0.39 is 5.82 Å². The van der Waals surface area contributed by atoms with E-state index >= 15 is 0 Å². The number of rotatable bonds is 5. The van der Waals surface area contributed by atoms with Gasteiger partial charge >= 0.3 is 0 Å². The van der Waals surface area contributed by atoms with Crippen LogP contribution >= 0.6 is 0 Å². The van der Waals surface area contributed by atoms with E-state index in [1.807, 2.05) is 0 Å². The lowest BCUT2D eigenvalue weighted by atomic mass is 10.1. The predicted octanol–water partition coefficient (Wildman–Crippen LogP) is 1.42. The van der Waals surface area contributed by atoms with Crippen molar-refractivity contribution >= 4 is 5.84 Å². The summed E-state index contributed by atoms with van der Waals surface area (Å²) in [5, 5.41) is 14.5. The third kappa shape index (κ3) is 4.44. The van der Waals surface area contributed by atoms with Crippen LogP contribution in [0.2, 0.25) is 0 Å². The van der Waals surface area contributed by atoms with E-state index in [-0.39, 0.29) is 5.84 Å². The lowest BCUT2D eigenvalue weighted by molar-refractivity contribution is 0.318. The number of amidine groups is 1. The fourth-order valence-corrected chi connectivity index (χ4v) is 1.47. The second-order valence-corrected chi connectivity index (χ2v) is 3.69. The lowest BCUT2D eigenvalue weighted by Gasteiger charge is -2.06. The number of benzene rings is 1. The fourth-order valence-electron chi connectivity index (χ4n) is 1.47. The Bertz CT molecular complexity index is 489. The topological polar surface area (TPSA) is 70.6 Å². The summed E-state index contributed by atoms with van der Waals surface area (Å²) in [6.45, 7) is 3.03. The van der Waals surface area contributed by atoms with Gasteiger partial charge in [0, 0.05) is 25.1 Å². The van der Waals surface area contributed by atoms with Crippen LogP contribution in [0.15, 0.2) is 23.4 Å². The quantitative estimate of drug-likeness (QED) is 0.185. The smallest absolute Gasteiger partial charge is 0.170 e. The van der Waals surface area contributed by atoms with Gasteiger partial charge in [-0.05, 0) is 30.7 Å². The summed E-state index contributed by atoms with van der Waals surface area (Å²) < 4.78 is 13.3. The van der Waals surface area contributed by atoms with Gasteiger partial charge in [-0.25, -0.2) is 4.39 Å². The van der Waals surface area contributed by atoms with Gasteiger partial charge in [0.25, 0.3) is 0 Å². The van der Waals surface area contributed by atoms with Crippen LogP contribution in [-0.4, -0.2) is 17.6 Å². The molecule has 0 aliphatic rings. The Morgan fingerprint density at radius 1 is 1.50 bits per heavy atom. The van der Waals surface area contributed by atoms with Gasteiger partial charge in [0.1, 0.15) is 5.82 Å². The summed E-state index contributed by atoms with van der Waals surface area (Å²) in [4.78, 5) is 0. The second kappa shape index (κ2) is 7.30. The van der Waals surface area contributed by atoms with E-state index in [4.69, 9.17) is 10.9 Å². The molecule has 0 spiro atoms. The molecule has 4 N–H and O–H groups in total. The summed E-state index contributed by atoms with van der Waals surface area (Å²) in [5.41, 5.74) is 6.52. The Morgan fingerprint density at radius 3 is 2.94 bits per heavy atom. The molecule has 0 aliphatic heterocycles. The molecule has 0 radical (unpaired) electrons. The monoisotopic (exact) mass is 249 g/mol. The fraction of sp³-hybridized carbons (Fsp3) is 0.308. The van der Waals surface area contributed by atoms with Crippen molar-refractivity contribution in [2.75, 3.05) is 6.54 Å². The number of hydrogen-bond donors (Lipinski definition) is 3. The predicted molar refractivity (Wildman–Crippen MR) is 68.7 cm³/mol. The van der Waals surface area contributed by atoms with Crippen molar-refractivity contribution in [2.45, 2.75) is 19.9 Å². The van der Waals surface area contributed by atoms with Crippen molar-refractivity contribution in [1.29, 1.82) is 0 Å². The highest BCUT2D eigenvalue weighted by Gasteiger charge is 2.04. The third-order valence-corrected chi connectivity index (χ3v) is 2.29. The standard InChI is InChI=1S/C13H16FN3O/c1-2-3-4-5-16-9-10-6-11(13(15)17-18)8-12(14)7-10/h6-8,16,18H,4-5,9H2,1H3,(H2,15,17). The molecule has 96 valence electrons. The Kier molecular flexibility index (Phi) is 5.68. The molecule has 0 bridgehead atoms. The molecule has 0 amide bonds. The average molecular weight is 249 g/mol. The summed E-state index contributed by atoms with van der Waals surface area (Å²) in [6, 6.07) is 4.31. The highest BCUT2D eigenvalue weighted by Crippen LogP contribution is 2.09. The first-order valence-electron chi connectivity index (χ1n) is 5.55. The van der Waals surface area contributed by atoms with Crippen LogP contribution in [-0.2, 0) is 6.54 Å². The molecule has 0 unspecified atom stereocenters. The molecule has 0 heterocycles. The number of nitrogens with zero attached hydrogens (tertiary/aromatic N) is 1. The minimum Gasteiger partial charge on any atom is -0.409 e. The third-order valence-electron chi connectivity index (χ3n) is 2.29. The van der Waals surface area contributed by atoms with Crippen LogP contribution < -0.4 is 11.1 Å². The van der Waals surface area contributed by atoms with Gasteiger partial charge in [-0.3, -0.25) is 0 Å². The molecule has 0 saturated carbocycles. The molecule has 0 saturated heterocycles. The van der Waals surface area contributed by atoms with Crippen LogP contribution in [0.3, 0.4) is 0 Å². The first-order valence-corrected chi connectivity index (χ1v) is 5.55. The molecule has 1 rings (SSSR count). The lowest BCUT2D eigenvalue weighted by Crippen LogP contribution is -2.17. The SMILES string of the molecule is CC#CCCNCc1cc(F)cc(/C(N)=N/O)c1. The highest BCUT2D eigenvalue weighted by molar-refractivity contribution is 5.97. The number of oxime groups is 1. The first-order chi connectivity index (χ1) is 8.67. The highest BCUT2D eigenvalue weighted by atomic mass is 19.1. The van der Waals surface area contributed by atoms with E-state index in [2.05, 4.69) is 22.3 Å². The molecule has 0 aromatic heterocycles. The van der Waals surface area contributed by atoms with Crippen molar-refractivity contribution < 1.29 is 9.60 Å². The van der Waals surface area contributed by atoms with Crippen molar-refractivity contribution in [1.82, 2.24) is 5.32 Å². The van der Waals surface area contributed by atoms with Gasteiger partial charge in [-0.1, -0.05) is 5.16 Å². The normalized spacial score (nSPS) is 10.9. The largest absolute Gasteiger partial charge is 0.409 e. The second-order valence-electron chi connectivity index (χ2n) is 3.69. The molecular formula is C13H16FN3O. The Morgan fingerprint density at radius 2 is 2.28 bits per heavy atom. The zero-order valence-electron chi connectivity index (χ0n) is 10.2. The van der Waals surface area contributed by atoms with Gasteiger partial charge in [-0.2, -0.15) is 0 Å². The average Bonchev–Trinajstić information content (AvgIpc) is 2.37. The summed E-state index contributed by atoms with van der Waals surface area (Å²) >= 11 is 0. The van der Waals surface area contributed by atoms with Crippen LogP contribution in [0.1, 0.15) is 24.5 Å². The van der Waals surface area contributed by atoms with Gasteiger partial charge in [0.2, 0.25) is 0 Å². The molecule has 1 aromatic rings. The van der Waals surface area contributed by atoms with Gasteiger partial charge in [0.05, 0.1) is 0 Å². The van der Waals surface area contributed by atoms with Crippen molar-refractivity contribution in [3.8, 4) is 11.8 Å². The number of nitrogens with one attached hydrogen (secondary N) is 1. The molecule has 0 aliphatic carbocycles. The zero-order valence-corrected chi connectivity index (χ0v) is 10.2. The molecule has 0 fully saturated rings. The summed E-state index contributed by atoms with van der Waals surface area (Å²) in [5.74, 6) is 5.21. The Labute approximate surface area is 106 Å². The maximum Gasteiger partial charge on any atom is 0.170 e. The number of halogens is 1. The molecular weight excluding hydrogens is 233 g/mol. The molecule has 1 aromatic carbocycles. The minimum atomic E-state index is -0.413. The van der Waals surface area contributed by atoms with E-state index in [1.54, 1.807) is 13.0 Å². The van der Waals surface area contributed by atoms with Gasteiger partial charge < -0.3 is 16.3 Å². The van der Waals surface area contributed by atoms with Crippen molar-refractivity contribution in [3.05, 3.63) is 35.1 Å². The Balaban J connectivity index is 2.65. The molecule has 18 heavy (non-hydrogen) atoms. The van der Waals surface area contributed by atoms with E-state index in [0.717, 1.165) is 18.5 Å². The van der Waals surface area contributed by atoms with Gasteiger partial charge in [0.15, 0.2) is 5.84 Å². The number of nitrogens with two attached hydrogens (primary N) is 1. The van der Waals surface area contributed by atoms with Crippen LogP contribution in [0.4, 0.5) is 4.39 Å².